The minimum absolute atomic E-state index is 0.244. The molecule has 96 valence electrons. The van der Waals surface area contributed by atoms with E-state index in [9.17, 15) is 0 Å². The lowest BCUT2D eigenvalue weighted by Gasteiger charge is -2.13. The van der Waals surface area contributed by atoms with Crippen molar-refractivity contribution >= 4 is 23.1 Å². The highest BCUT2D eigenvalue weighted by molar-refractivity contribution is 7.99. The van der Waals surface area contributed by atoms with Crippen LogP contribution in [0.15, 0.2) is 16.6 Å². The second kappa shape index (κ2) is 4.99. The molecule has 0 spiro atoms. The van der Waals surface area contributed by atoms with Crippen LogP contribution < -0.4 is 5.73 Å². The topological polar surface area (TPSA) is 69.6 Å². The van der Waals surface area contributed by atoms with Crippen molar-refractivity contribution in [3.05, 3.63) is 21.9 Å². The molecular weight excluding hydrogens is 266 g/mol. The maximum absolute atomic E-state index is 5.90. The van der Waals surface area contributed by atoms with Crippen molar-refractivity contribution in [2.24, 2.45) is 5.73 Å². The number of nitrogens with zero attached hydrogens (tertiary/aromatic N) is 4. The van der Waals surface area contributed by atoms with Gasteiger partial charge >= 0.3 is 0 Å². The molecule has 2 aromatic heterocycles. The van der Waals surface area contributed by atoms with Crippen molar-refractivity contribution < 1.29 is 0 Å². The van der Waals surface area contributed by atoms with Gasteiger partial charge in [-0.1, -0.05) is 11.8 Å². The number of thiophene rings is 1. The lowest BCUT2D eigenvalue weighted by Crippen LogP contribution is -2.10. The molecule has 3 rings (SSSR count). The Morgan fingerprint density at radius 3 is 3.06 bits per heavy atom. The van der Waals surface area contributed by atoms with Gasteiger partial charge in [0.25, 0.3) is 0 Å². The third-order valence-corrected chi connectivity index (χ3v) is 5.49. The molecule has 1 aliphatic rings. The molecule has 0 saturated heterocycles. The maximum Gasteiger partial charge on any atom is 0.210 e. The third kappa shape index (κ3) is 2.30. The molecule has 1 saturated carbocycles. The van der Waals surface area contributed by atoms with Crippen LogP contribution in [0.25, 0.3) is 0 Å². The molecule has 2 aromatic rings. The van der Waals surface area contributed by atoms with Gasteiger partial charge in [-0.15, -0.1) is 16.4 Å². The number of nitrogens with two attached hydrogens (primary N) is 1. The molecule has 1 atom stereocenters. The summed E-state index contributed by atoms with van der Waals surface area (Å²) in [5, 5.41) is 15.2. The van der Waals surface area contributed by atoms with Crippen LogP contribution in [-0.4, -0.2) is 26.8 Å². The summed E-state index contributed by atoms with van der Waals surface area (Å²) in [6, 6.07) is 2.64. The molecule has 0 aromatic carbocycles. The third-order valence-electron chi connectivity index (χ3n) is 3.01. The Morgan fingerprint density at radius 2 is 2.44 bits per heavy atom. The van der Waals surface area contributed by atoms with E-state index in [1.54, 1.807) is 23.1 Å². The van der Waals surface area contributed by atoms with Crippen LogP contribution in [0.3, 0.4) is 0 Å². The van der Waals surface area contributed by atoms with Crippen molar-refractivity contribution in [3.63, 3.8) is 0 Å². The van der Waals surface area contributed by atoms with Gasteiger partial charge in [0.05, 0.1) is 11.3 Å². The molecule has 18 heavy (non-hydrogen) atoms. The van der Waals surface area contributed by atoms with Crippen LogP contribution in [0, 0.1) is 6.92 Å². The molecule has 2 heterocycles. The summed E-state index contributed by atoms with van der Waals surface area (Å²) in [4.78, 5) is 1.33. The van der Waals surface area contributed by atoms with Crippen LogP contribution in [0.1, 0.15) is 34.6 Å². The molecule has 0 aliphatic heterocycles. The van der Waals surface area contributed by atoms with Crippen molar-refractivity contribution in [3.8, 4) is 0 Å². The summed E-state index contributed by atoms with van der Waals surface area (Å²) >= 11 is 3.43. The van der Waals surface area contributed by atoms with Crippen LogP contribution in [0.2, 0.25) is 0 Å². The predicted octanol–water partition coefficient (Wildman–Crippen LogP) is 2.17. The zero-order chi connectivity index (χ0) is 12.5. The van der Waals surface area contributed by atoms with E-state index in [0.717, 1.165) is 5.16 Å². The minimum atomic E-state index is 0.244. The molecule has 1 fully saturated rings. The van der Waals surface area contributed by atoms with Gasteiger partial charge in [0.2, 0.25) is 5.16 Å². The summed E-state index contributed by atoms with van der Waals surface area (Å²) < 4.78 is 1.94. The molecule has 1 unspecified atom stereocenters. The molecule has 0 radical (unpaired) electrons. The van der Waals surface area contributed by atoms with Gasteiger partial charge in [0, 0.05) is 11.4 Å². The molecule has 0 amide bonds. The van der Waals surface area contributed by atoms with Gasteiger partial charge in [-0.25, -0.2) is 4.68 Å². The van der Waals surface area contributed by atoms with Crippen LogP contribution >= 0.6 is 23.1 Å². The van der Waals surface area contributed by atoms with Crippen LogP contribution in [0.4, 0.5) is 0 Å². The standard InChI is InChI=1S/C11H15N5S2/c1-7-4-5-17-10(7)9(6-12)18-11-13-14-15-16(11)8-2-3-8/h4-5,8-9H,2-3,6,12H2,1H3. The summed E-state index contributed by atoms with van der Waals surface area (Å²) in [6.07, 6.45) is 2.37. The van der Waals surface area contributed by atoms with Crippen molar-refractivity contribution in [1.82, 2.24) is 20.2 Å². The van der Waals surface area contributed by atoms with Gasteiger partial charge in [0.15, 0.2) is 0 Å². The fourth-order valence-corrected chi connectivity index (χ4v) is 4.11. The monoisotopic (exact) mass is 281 g/mol. The van der Waals surface area contributed by atoms with Crippen molar-refractivity contribution in [2.45, 2.75) is 36.2 Å². The van der Waals surface area contributed by atoms with Gasteiger partial charge in [-0.3, -0.25) is 0 Å². The highest BCUT2D eigenvalue weighted by Crippen LogP contribution is 2.41. The van der Waals surface area contributed by atoms with E-state index in [1.807, 2.05) is 4.68 Å². The second-order valence-corrected chi connectivity index (χ2v) is 6.56. The van der Waals surface area contributed by atoms with E-state index in [1.165, 1.54) is 23.3 Å². The smallest absolute Gasteiger partial charge is 0.210 e. The van der Waals surface area contributed by atoms with E-state index in [0.29, 0.717) is 12.6 Å². The summed E-state index contributed by atoms with van der Waals surface area (Å²) in [5.74, 6) is 0. The zero-order valence-electron chi connectivity index (χ0n) is 10.1. The van der Waals surface area contributed by atoms with E-state index in [2.05, 4.69) is 33.9 Å². The Bertz CT molecular complexity index is 531. The Morgan fingerprint density at radius 1 is 1.61 bits per heavy atom. The Hall–Kier alpha value is -0.920. The average molecular weight is 281 g/mol. The highest BCUT2D eigenvalue weighted by atomic mass is 32.2. The van der Waals surface area contributed by atoms with E-state index >= 15 is 0 Å². The van der Waals surface area contributed by atoms with Crippen molar-refractivity contribution in [2.75, 3.05) is 6.54 Å². The Kier molecular flexibility index (Phi) is 3.36. The van der Waals surface area contributed by atoms with Gasteiger partial charge in [0.1, 0.15) is 0 Å². The highest BCUT2D eigenvalue weighted by Gasteiger charge is 2.29. The van der Waals surface area contributed by atoms with E-state index in [-0.39, 0.29) is 5.25 Å². The molecule has 1 aliphatic carbocycles. The quantitative estimate of drug-likeness (QED) is 0.851. The number of aryl methyl sites for hydroxylation is 1. The SMILES string of the molecule is Cc1ccsc1C(CN)Sc1nnnn1C1CC1. The molecular formula is C11H15N5S2. The van der Waals surface area contributed by atoms with Gasteiger partial charge < -0.3 is 5.73 Å². The maximum atomic E-state index is 5.90. The van der Waals surface area contributed by atoms with E-state index in [4.69, 9.17) is 5.73 Å². The zero-order valence-corrected chi connectivity index (χ0v) is 11.7. The number of aromatic nitrogens is 4. The summed E-state index contributed by atoms with van der Waals surface area (Å²) in [6.45, 7) is 2.72. The molecule has 7 heteroatoms. The Balaban J connectivity index is 1.81. The number of thioether (sulfide) groups is 1. The fourth-order valence-electron chi connectivity index (χ4n) is 1.86. The Labute approximate surface area is 114 Å². The summed E-state index contributed by atoms with van der Waals surface area (Å²) in [5.41, 5.74) is 7.20. The molecule has 5 nitrogen and oxygen atoms in total. The lowest BCUT2D eigenvalue weighted by molar-refractivity contribution is 0.564. The number of hydrogen-bond acceptors (Lipinski definition) is 6. The van der Waals surface area contributed by atoms with Gasteiger partial charge in [-0.2, -0.15) is 0 Å². The number of tetrazole rings is 1. The largest absolute Gasteiger partial charge is 0.329 e. The first-order valence-electron chi connectivity index (χ1n) is 5.98. The molecule has 2 N–H and O–H groups in total. The number of hydrogen-bond donors (Lipinski definition) is 1. The lowest BCUT2D eigenvalue weighted by atomic mass is 10.2. The normalized spacial score (nSPS) is 17.0. The molecule has 0 bridgehead atoms. The first-order chi connectivity index (χ1) is 8.79. The van der Waals surface area contributed by atoms with Crippen molar-refractivity contribution in [1.29, 1.82) is 0 Å². The first kappa shape index (κ1) is 12.1. The second-order valence-electron chi connectivity index (χ2n) is 4.45. The minimum Gasteiger partial charge on any atom is -0.329 e. The predicted molar refractivity (Wildman–Crippen MR) is 72.8 cm³/mol. The number of rotatable bonds is 5. The fraction of sp³-hybridized carbons (Fsp3) is 0.545. The average Bonchev–Trinajstić information content (AvgIpc) is 2.97. The van der Waals surface area contributed by atoms with Crippen LogP contribution in [-0.2, 0) is 0 Å². The summed E-state index contributed by atoms with van der Waals surface area (Å²) in [7, 11) is 0. The first-order valence-corrected chi connectivity index (χ1v) is 7.74. The van der Waals surface area contributed by atoms with Gasteiger partial charge in [-0.05, 0) is 47.2 Å². The van der Waals surface area contributed by atoms with Crippen LogP contribution in [0.5, 0.6) is 0 Å². The van der Waals surface area contributed by atoms with E-state index < -0.39 is 0 Å².